The molecule has 2 N–H and O–H groups in total. The molecule has 0 aliphatic rings. The third-order valence-corrected chi connectivity index (χ3v) is 2.95. The fraction of sp³-hybridized carbons (Fsp3) is 0. The lowest BCUT2D eigenvalue weighted by Gasteiger charge is -1.90. The molecular formula is C11H6BrNO3. The van der Waals surface area contributed by atoms with Gasteiger partial charge in [-0.2, -0.15) is 0 Å². The van der Waals surface area contributed by atoms with Gasteiger partial charge in [-0.3, -0.25) is 0 Å². The van der Waals surface area contributed by atoms with Crippen LogP contribution in [0.4, 0.5) is 0 Å². The molecule has 0 atom stereocenters. The first-order valence-corrected chi connectivity index (χ1v) is 5.38. The van der Waals surface area contributed by atoms with E-state index in [1.165, 1.54) is 0 Å². The van der Waals surface area contributed by atoms with Crippen molar-refractivity contribution in [2.24, 2.45) is 0 Å². The molecule has 0 amide bonds. The van der Waals surface area contributed by atoms with Crippen LogP contribution < -0.4 is 0 Å². The van der Waals surface area contributed by atoms with E-state index < -0.39 is 5.97 Å². The minimum Gasteiger partial charge on any atom is -0.477 e. The Bertz CT molecular complexity index is 710. The SMILES string of the molecule is O=C(O)c1cc2c([nH]1)oc1cc(Br)ccc12. The van der Waals surface area contributed by atoms with Gasteiger partial charge in [0.1, 0.15) is 11.3 Å². The van der Waals surface area contributed by atoms with Gasteiger partial charge in [-0.05, 0) is 24.3 Å². The minimum absolute atomic E-state index is 0.138. The van der Waals surface area contributed by atoms with Crippen LogP contribution >= 0.6 is 15.9 Å². The first kappa shape index (κ1) is 9.47. The predicted molar refractivity (Wildman–Crippen MR) is 62.7 cm³/mol. The molecule has 0 aliphatic carbocycles. The molecule has 4 nitrogen and oxygen atoms in total. The van der Waals surface area contributed by atoms with Crippen molar-refractivity contribution in [3.05, 3.63) is 34.4 Å². The van der Waals surface area contributed by atoms with Gasteiger partial charge in [-0.25, -0.2) is 4.79 Å². The predicted octanol–water partition coefficient (Wildman–Crippen LogP) is 3.37. The Morgan fingerprint density at radius 2 is 2.12 bits per heavy atom. The molecule has 16 heavy (non-hydrogen) atoms. The summed E-state index contributed by atoms with van der Waals surface area (Å²) in [5, 5.41) is 10.5. The second-order valence-corrected chi connectivity index (χ2v) is 4.39. The average Bonchev–Trinajstić information content (AvgIpc) is 2.73. The molecule has 0 saturated carbocycles. The van der Waals surface area contributed by atoms with Crippen LogP contribution in [0.25, 0.3) is 22.1 Å². The van der Waals surface area contributed by atoms with Crippen molar-refractivity contribution < 1.29 is 14.3 Å². The Morgan fingerprint density at radius 3 is 2.88 bits per heavy atom. The summed E-state index contributed by atoms with van der Waals surface area (Å²) in [5.41, 5.74) is 1.36. The fourth-order valence-corrected chi connectivity index (χ4v) is 2.08. The van der Waals surface area contributed by atoms with E-state index in [0.717, 1.165) is 20.8 Å². The molecule has 0 spiro atoms. The van der Waals surface area contributed by atoms with Gasteiger partial charge in [0, 0.05) is 15.2 Å². The lowest BCUT2D eigenvalue weighted by molar-refractivity contribution is 0.0691. The van der Waals surface area contributed by atoms with Crippen LogP contribution in [0.15, 0.2) is 33.2 Å². The highest BCUT2D eigenvalue weighted by molar-refractivity contribution is 9.10. The lowest BCUT2D eigenvalue weighted by atomic mass is 10.2. The van der Waals surface area contributed by atoms with Crippen LogP contribution in [0.2, 0.25) is 0 Å². The van der Waals surface area contributed by atoms with Gasteiger partial charge < -0.3 is 14.5 Å². The average molecular weight is 280 g/mol. The number of fused-ring (bicyclic) bond motifs is 3. The van der Waals surface area contributed by atoms with Gasteiger partial charge in [-0.15, -0.1) is 0 Å². The Morgan fingerprint density at radius 1 is 1.31 bits per heavy atom. The number of hydrogen-bond acceptors (Lipinski definition) is 2. The molecule has 0 radical (unpaired) electrons. The number of furan rings is 1. The van der Waals surface area contributed by atoms with Gasteiger partial charge in [0.15, 0.2) is 0 Å². The highest BCUT2D eigenvalue weighted by Crippen LogP contribution is 2.30. The normalized spacial score (nSPS) is 11.3. The van der Waals surface area contributed by atoms with Crippen LogP contribution in [-0.4, -0.2) is 16.1 Å². The zero-order chi connectivity index (χ0) is 11.3. The van der Waals surface area contributed by atoms with Crippen LogP contribution in [0.3, 0.4) is 0 Å². The van der Waals surface area contributed by atoms with Crippen molar-refractivity contribution >= 4 is 44.0 Å². The maximum Gasteiger partial charge on any atom is 0.352 e. The second kappa shape index (κ2) is 3.12. The van der Waals surface area contributed by atoms with E-state index in [-0.39, 0.29) is 5.69 Å². The lowest BCUT2D eigenvalue weighted by Crippen LogP contribution is -1.94. The number of aromatic carboxylic acids is 1. The molecule has 0 saturated heterocycles. The van der Waals surface area contributed by atoms with Gasteiger partial charge in [0.2, 0.25) is 5.71 Å². The standard InChI is InChI=1S/C11H6BrNO3/c12-5-1-2-6-7-4-8(11(14)15)13-10(7)16-9(6)3-5/h1-4,13H,(H,14,15). The highest BCUT2D eigenvalue weighted by atomic mass is 79.9. The number of rotatable bonds is 1. The summed E-state index contributed by atoms with van der Waals surface area (Å²) in [6, 6.07) is 7.22. The van der Waals surface area contributed by atoms with Crippen molar-refractivity contribution in [3.8, 4) is 0 Å². The van der Waals surface area contributed by atoms with Crippen LogP contribution in [-0.2, 0) is 0 Å². The van der Waals surface area contributed by atoms with E-state index in [2.05, 4.69) is 20.9 Å². The van der Waals surface area contributed by atoms with Gasteiger partial charge >= 0.3 is 5.97 Å². The maximum absolute atomic E-state index is 10.8. The quantitative estimate of drug-likeness (QED) is 0.718. The number of carboxylic acids is 1. The monoisotopic (exact) mass is 279 g/mol. The summed E-state index contributed by atoms with van der Waals surface area (Å²) >= 11 is 3.35. The Balaban J connectivity index is 2.38. The van der Waals surface area contributed by atoms with E-state index >= 15 is 0 Å². The molecule has 0 fully saturated rings. The largest absolute Gasteiger partial charge is 0.477 e. The number of halogens is 1. The summed E-state index contributed by atoms with van der Waals surface area (Å²) in [5.74, 6) is -0.989. The number of nitrogens with one attached hydrogen (secondary N) is 1. The van der Waals surface area contributed by atoms with Crippen LogP contribution in [0.5, 0.6) is 0 Å². The van der Waals surface area contributed by atoms with Crippen LogP contribution in [0.1, 0.15) is 10.5 Å². The topological polar surface area (TPSA) is 66.2 Å². The molecule has 3 aromatic rings. The Kier molecular flexibility index (Phi) is 1.85. The number of carbonyl (C=O) groups is 1. The fourth-order valence-electron chi connectivity index (χ4n) is 1.74. The summed E-state index contributed by atoms with van der Waals surface area (Å²) in [6.07, 6.45) is 0. The smallest absolute Gasteiger partial charge is 0.352 e. The first-order chi connectivity index (χ1) is 7.65. The number of carboxylic acid groups (broad SMARTS) is 1. The van der Waals surface area contributed by atoms with Crippen molar-refractivity contribution in [1.29, 1.82) is 0 Å². The number of aromatic nitrogens is 1. The van der Waals surface area contributed by atoms with E-state index in [1.807, 2.05) is 18.2 Å². The second-order valence-electron chi connectivity index (χ2n) is 3.47. The van der Waals surface area contributed by atoms with Crippen molar-refractivity contribution in [1.82, 2.24) is 4.98 Å². The third-order valence-electron chi connectivity index (χ3n) is 2.46. The van der Waals surface area contributed by atoms with Crippen molar-refractivity contribution in [3.63, 3.8) is 0 Å². The van der Waals surface area contributed by atoms with E-state index in [4.69, 9.17) is 9.52 Å². The number of hydrogen-bond donors (Lipinski definition) is 2. The molecule has 80 valence electrons. The Hall–Kier alpha value is -1.75. The number of aromatic amines is 1. The molecule has 0 bridgehead atoms. The van der Waals surface area contributed by atoms with Crippen molar-refractivity contribution in [2.75, 3.05) is 0 Å². The van der Waals surface area contributed by atoms with E-state index in [0.29, 0.717) is 5.71 Å². The summed E-state index contributed by atoms with van der Waals surface area (Å²) < 4.78 is 6.44. The van der Waals surface area contributed by atoms with Crippen molar-refractivity contribution in [2.45, 2.75) is 0 Å². The molecule has 1 aromatic carbocycles. The molecule has 0 unspecified atom stereocenters. The molecule has 0 aliphatic heterocycles. The summed E-state index contributed by atoms with van der Waals surface area (Å²) in [7, 11) is 0. The molecule has 2 heterocycles. The first-order valence-electron chi connectivity index (χ1n) is 4.59. The zero-order valence-corrected chi connectivity index (χ0v) is 9.54. The molecule has 2 aromatic heterocycles. The van der Waals surface area contributed by atoms with E-state index in [9.17, 15) is 4.79 Å². The van der Waals surface area contributed by atoms with Gasteiger partial charge in [0.25, 0.3) is 0 Å². The molecular weight excluding hydrogens is 274 g/mol. The summed E-state index contributed by atoms with van der Waals surface area (Å²) in [6.45, 7) is 0. The minimum atomic E-state index is -0.989. The maximum atomic E-state index is 10.8. The van der Waals surface area contributed by atoms with Gasteiger partial charge in [-0.1, -0.05) is 15.9 Å². The molecule has 5 heteroatoms. The van der Waals surface area contributed by atoms with E-state index in [1.54, 1.807) is 6.07 Å². The third kappa shape index (κ3) is 1.25. The zero-order valence-electron chi connectivity index (χ0n) is 7.95. The number of benzene rings is 1. The van der Waals surface area contributed by atoms with Crippen LogP contribution in [0, 0.1) is 0 Å². The molecule has 3 rings (SSSR count). The van der Waals surface area contributed by atoms with Gasteiger partial charge in [0.05, 0.1) is 0 Å². The Labute approximate surface area is 98.0 Å². The summed E-state index contributed by atoms with van der Waals surface area (Å²) in [4.78, 5) is 13.5. The highest BCUT2D eigenvalue weighted by Gasteiger charge is 2.13. The number of H-pyrrole nitrogens is 1.